The fraction of sp³-hybridized carbons (Fsp3) is 0.500. The largest absolute Gasteiger partial charge is 0.355 e. The number of sulfonamides is 1. The van der Waals surface area contributed by atoms with Gasteiger partial charge in [0.2, 0.25) is 10.0 Å². The quantitative estimate of drug-likeness (QED) is 0.243. The summed E-state index contributed by atoms with van der Waals surface area (Å²) in [6, 6.07) is 1.71. The molecule has 7 nitrogen and oxygen atoms in total. The van der Waals surface area contributed by atoms with Crippen LogP contribution in [0, 0.1) is 20.8 Å². The van der Waals surface area contributed by atoms with Crippen LogP contribution in [0.25, 0.3) is 0 Å². The molecular formula is C16H26IN5O2S3. The second-order valence-corrected chi connectivity index (χ2v) is 10.1. The first-order valence-corrected chi connectivity index (χ1v) is 11.3. The van der Waals surface area contributed by atoms with Crippen molar-refractivity contribution in [3.63, 3.8) is 0 Å². The van der Waals surface area contributed by atoms with Crippen LogP contribution in [0.5, 0.6) is 0 Å². The molecule has 0 amide bonds. The van der Waals surface area contributed by atoms with Crippen LogP contribution in [0.15, 0.2) is 21.3 Å². The molecule has 0 unspecified atom stereocenters. The third-order valence-corrected chi connectivity index (χ3v) is 7.13. The normalized spacial score (nSPS) is 12.0. The van der Waals surface area contributed by atoms with Crippen LogP contribution in [0.4, 0.5) is 0 Å². The number of thiazole rings is 1. The molecule has 2 aromatic rings. The molecule has 152 valence electrons. The highest BCUT2D eigenvalue weighted by Gasteiger charge is 2.18. The van der Waals surface area contributed by atoms with E-state index >= 15 is 0 Å². The number of aromatic nitrogens is 1. The summed E-state index contributed by atoms with van der Waals surface area (Å²) in [5, 5.41) is 6.23. The number of guanidine groups is 1. The highest BCUT2D eigenvalue weighted by Crippen LogP contribution is 2.24. The summed E-state index contributed by atoms with van der Waals surface area (Å²) in [6.07, 6.45) is 0. The molecule has 0 radical (unpaired) electrons. The molecule has 0 fully saturated rings. The summed E-state index contributed by atoms with van der Waals surface area (Å²) in [6.45, 7) is 7.06. The third kappa shape index (κ3) is 6.97. The molecule has 27 heavy (non-hydrogen) atoms. The van der Waals surface area contributed by atoms with Gasteiger partial charge in [-0.05, 0) is 26.8 Å². The molecule has 2 aromatic heterocycles. The van der Waals surface area contributed by atoms with Crippen LogP contribution >= 0.6 is 46.7 Å². The van der Waals surface area contributed by atoms with E-state index in [9.17, 15) is 8.42 Å². The van der Waals surface area contributed by atoms with Crippen LogP contribution in [-0.2, 0) is 16.6 Å². The van der Waals surface area contributed by atoms with E-state index in [1.54, 1.807) is 24.5 Å². The first kappa shape index (κ1) is 24.3. The summed E-state index contributed by atoms with van der Waals surface area (Å²) in [5.41, 5.74) is 0.988. The number of nitrogens with zero attached hydrogens (tertiary/aromatic N) is 3. The molecule has 2 rings (SSSR count). The van der Waals surface area contributed by atoms with Crippen molar-refractivity contribution in [3.05, 3.63) is 31.9 Å². The number of hydrogen-bond donors (Lipinski definition) is 2. The Kier molecular flexibility index (Phi) is 9.62. The Morgan fingerprint density at radius 3 is 2.52 bits per heavy atom. The van der Waals surface area contributed by atoms with E-state index in [1.165, 1.54) is 11.3 Å². The molecule has 0 bridgehead atoms. The van der Waals surface area contributed by atoms with Gasteiger partial charge in [-0.15, -0.1) is 46.7 Å². The van der Waals surface area contributed by atoms with Crippen LogP contribution in [0.3, 0.4) is 0 Å². The van der Waals surface area contributed by atoms with E-state index in [1.807, 2.05) is 38.1 Å². The van der Waals surface area contributed by atoms with Crippen molar-refractivity contribution in [1.29, 1.82) is 0 Å². The lowest BCUT2D eigenvalue weighted by atomic mass is 10.4. The molecule has 0 saturated carbocycles. The van der Waals surface area contributed by atoms with Gasteiger partial charge < -0.3 is 10.2 Å². The van der Waals surface area contributed by atoms with Gasteiger partial charge in [0, 0.05) is 42.3 Å². The van der Waals surface area contributed by atoms with Crippen molar-refractivity contribution >= 4 is 62.6 Å². The fourth-order valence-electron chi connectivity index (χ4n) is 2.50. The first-order chi connectivity index (χ1) is 12.2. The van der Waals surface area contributed by atoms with Gasteiger partial charge in [-0.2, -0.15) is 0 Å². The van der Waals surface area contributed by atoms with Crippen molar-refractivity contribution in [2.24, 2.45) is 4.99 Å². The number of aryl methyl sites for hydroxylation is 3. The van der Waals surface area contributed by atoms with Gasteiger partial charge in [0.05, 0.1) is 22.1 Å². The van der Waals surface area contributed by atoms with Gasteiger partial charge in [0.15, 0.2) is 5.96 Å². The van der Waals surface area contributed by atoms with Gasteiger partial charge in [0.25, 0.3) is 0 Å². The summed E-state index contributed by atoms with van der Waals surface area (Å²) < 4.78 is 27.4. The molecule has 2 N–H and O–H groups in total. The third-order valence-electron chi connectivity index (χ3n) is 3.62. The Bertz CT molecular complexity index is 877. The zero-order valence-corrected chi connectivity index (χ0v) is 20.8. The minimum atomic E-state index is -3.48. The van der Waals surface area contributed by atoms with Crippen molar-refractivity contribution in [3.8, 4) is 0 Å². The maximum absolute atomic E-state index is 12.4. The minimum absolute atomic E-state index is 0. The summed E-state index contributed by atoms with van der Waals surface area (Å²) in [5.74, 6) is 0.692. The SMILES string of the molecule is CN=C(NCCNS(=O)(=O)c1cc(C)sc1C)N(C)Cc1csc(C)n1.I. The van der Waals surface area contributed by atoms with Gasteiger partial charge >= 0.3 is 0 Å². The summed E-state index contributed by atoms with van der Waals surface area (Å²) >= 11 is 3.10. The summed E-state index contributed by atoms with van der Waals surface area (Å²) in [4.78, 5) is 12.8. The Morgan fingerprint density at radius 2 is 2.00 bits per heavy atom. The molecule has 0 aliphatic carbocycles. The van der Waals surface area contributed by atoms with Gasteiger partial charge in [-0.3, -0.25) is 4.99 Å². The van der Waals surface area contributed by atoms with E-state index in [4.69, 9.17) is 0 Å². The predicted molar refractivity (Wildman–Crippen MR) is 124 cm³/mol. The number of hydrogen-bond acceptors (Lipinski definition) is 6. The number of rotatable bonds is 7. The zero-order chi connectivity index (χ0) is 19.3. The van der Waals surface area contributed by atoms with E-state index in [-0.39, 0.29) is 30.5 Å². The van der Waals surface area contributed by atoms with Crippen LogP contribution < -0.4 is 10.0 Å². The molecule has 0 aliphatic heterocycles. The molecule has 2 heterocycles. The van der Waals surface area contributed by atoms with Crippen LogP contribution in [0.2, 0.25) is 0 Å². The van der Waals surface area contributed by atoms with E-state index in [0.29, 0.717) is 23.9 Å². The maximum Gasteiger partial charge on any atom is 0.241 e. The smallest absolute Gasteiger partial charge is 0.241 e. The number of thiophene rings is 1. The van der Waals surface area contributed by atoms with Crippen LogP contribution in [-0.4, -0.2) is 51.4 Å². The Hall–Kier alpha value is -0.760. The highest BCUT2D eigenvalue weighted by molar-refractivity contribution is 14.0. The highest BCUT2D eigenvalue weighted by atomic mass is 127. The van der Waals surface area contributed by atoms with E-state index in [2.05, 4.69) is 20.0 Å². The number of halogens is 1. The van der Waals surface area contributed by atoms with Gasteiger partial charge in [-0.1, -0.05) is 0 Å². The second kappa shape index (κ2) is 10.7. The fourth-order valence-corrected chi connectivity index (χ4v) is 5.68. The van der Waals surface area contributed by atoms with Gasteiger partial charge in [0.1, 0.15) is 0 Å². The maximum atomic E-state index is 12.4. The average Bonchev–Trinajstić information content (AvgIpc) is 3.12. The van der Waals surface area contributed by atoms with Crippen molar-refractivity contribution < 1.29 is 8.42 Å². The standard InChI is InChI=1S/C16H25N5O2S3.HI/c1-11-8-15(12(2)25-11)26(22,23)19-7-6-18-16(17-4)21(5)9-14-10-24-13(3)20-14;/h8,10,19H,6-7,9H2,1-5H3,(H,17,18);1H. The molecule has 0 aliphatic rings. The van der Waals surface area contributed by atoms with E-state index < -0.39 is 10.0 Å². The van der Waals surface area contributed by atoms with Crippen molar-refractivity contribution in [1.82, 2.24) is 19.9 Å². The second-order valence-electron chi connectivity index (χ2n) is 5.86. The zero-order valence-electron chi connectivity index (χ0n) is 16.1. The molecule has 11 heteroatoms. The van der Waals surface area contributed by atoms with E-state index in [0.717, 1.165) is 20.5 Å². The lowest BCUT2D eigenvalue weighted by Gasteiger charge is -2.21. The predicted octanol–water partition coefficient (Wildman–Crippen LogP) is 2.73. The number of nitrogens with one attached hydrogen (secondary N) is 2. The summed E-state index contributed by atoms with van der Waals surface area (Å²) in [7, 11) is 0.141. The minimum Gasteiger partial charge on any atom is -0.355 e. The topological polar surface area (TPSA) is 86.7 Å². The Labute approximate surface area is 186 Å². The lowest BCUT2D eigenvalue weighted by Crippen LogP contribution is -2.42. The van der Waals surface area contributed by atoms with Crippen molar-refractivity contribution in [2.75, 3.05) is 27.2 Å². The molecular weight excluding hydrogens is 517 g/mol. The Morgan fingerprint density at radius 1 is 1.30 bits per heavy atom. The molecule has 0 atom stereocenters. The van der Waals surface area contributed by atoms with Gasteiger partial charge in [-0.25, -0.2) is 18.1 Å². The first-order valence-electron chi connectivity index (χ1n) is 8.12. The molecule has 0 aromatic carbocycles. The molecule has 0 saturated heterocycles. The van der Waals surface area contributed by atoms with Crippen molar-refractivity contribution in [2.45, 2.75) is 32.2 Å². The van der Waals surface area contributed by atoms with Crippen LogP contribution in [0.1, 0.15) is 20.5 Å². The lowest BCUT2D eigenvalue weighted by molar-refractivity contribution is 0.471. The average molecular weight is 544 g/mol. The number of aliphatic imine (C=N–C) groups is 1. The monoisotopic (exact) mass is 543 g/mol. The Balaban J connectivity index is 0.00000364. The molecule has 0 spiro atoms.